The fraction of sp³-hybridized carbons (Fsp3) is 0.214. The summed E-state index contributed by atoms with van der Waals surface area (Å²) >= 11 is 6.01. The van der Waals surface area contributed by atoms with Gasteiger partial charge in [-0.1, -0.05) is 11.6 Å². The molecule has 5 nitrogen and oxygen atoms in total. The standard InChI is InChI=1S/C14H15ClN2O3/c1-19-12-7-11(13(20-2)6-10(12)15)17-14(18)5-9-3-4-16-8-9/h3-4,6-8,16H,5H2,1-2H3,(H,17,18). The molecule has 0 aliphatic rings. The van der Waals surface area contributed by atoms with Crippen LogP contribution in [0.5, 0.6) is 11.5 Å². The molecule has 0 atom stereocenters. The van der Waals surface area contributed by atoms with Gasteiger partial charge in [-0.05, 0) is 11.6 Å². The number of halogens is 1. The average Bonchev–Trinajstić information content (AvgIpc) is 2.92. The molecule has 0 spiro atoms. The summed E-state index contributed by atoms with van der Waals surface area (Å²) in [5.41, 5.74) is 1.43. The molecule has 1 aromatic heterocycles. The Bertz CT molecular complexity index is 597. The topological polar surface area (TPSA) is 63.3 Å². The van der Waals surface area contributed by atoms with Crippen LogP contribution in [0.25, 0.3) is 0 Å². The van der Waals surface area contributed by atoms with Crippen LogP contribution in [-0.2, 0) is 11.2 Å². The predicted molar refractivity (Wildman–Crippen MR) is 77.7 cm³/mol. The van der Waals surface area contributed by atoms with Gasteiger partial charge in [-0.3, -0.25) is 4.79 Å². The van der Waals surface area contributed by atoms with E-state index in [0.717, 1.165) is 5.56 Å². The zero-order chi connectivity index (χ0) is 14.5. The van der Waals surface area contributed by atoms with E-state index < -0.39 is 0 Å². The molecule has 0 aliphatic carbocycles. The Morgan fingerprint density at radius 1 is 1.30 bits per heavy atom. The Hall–Kier alpha value is -2.14. The highest BCUT2D eigenvalue weighted by Gasteiger charge is 2.13. The van der Waals surface area contributed by atoms with Crippen LogP contribution in [0.2, 0.25) is 5.02 Å². The summed E-state index contributed by atoms with van der Waals surface area (Å²) in [6.45, 7) is 0. The largest absolute Gasteiger partial charge is 0.495 e. The van der Waals surface area contributed by atoms with Crippen molar-refractivity contribution in [2.45, 2.75) is 6.42 Å². The molecule has 6 heteroatoms. The normalized spacial score (nSPS) is 10.2. The number of anilines is 1. The third-order valence-corrected chi connectivity index (χ3v) is 3.07. The number of hydrogen-bond acceptors (Lipinski definition) is 3. The minimum atomic E-state index is -0.146. The summed E-state index contributed by atoms with van der Waals surface area (Å²) in [5, 5.41) is 3.21. The molecule has 2 N–H and O–H groups in total. The highest BCUT2D eigenvalue weighted by Crippen LogP contribution is 2.35. The maximum Gasteiger partial charge on any atom is 0.228 e. The molecule has 106 valence electrons. The lowest BCUT2D eigenvalue weighted by Gasteiger charge is -2.13. The third kappa shape index (κ3) is 3.24. The summed E-state index contributed by atoms with van der Waals surface area (Å²) in [7, 11) is 3.03. The van der Waals surface area contributed by atoms with E-state index in [2.05, 4.69) is 10.3 Å². The molecule has 1 aromatic carbocycles. The van der Waals surface area contributed by atoms with Gasteiger partial charge >= 0.3 is 0 Å². The fourth-order valence-corrected chi connectivity index (χ4v) is 2.04. The Kier molecular flexibility index (Phi) is 4.53. The number of rotatable bonds is 5. The van der Waals surface area contributed by atoms with E-state index in [9.17, 15) is 4.79 Å². The molecule has 0 fully saturated rings. The quantitative estimate of drug-likeness (QED) is 0.891. The van der Waals surface area contributed by atoms with Crippen LogP contribution in [0.3, 0.4) is 0 Å². The predicted octanol–water partition coefficient (Wildman–Crippen LogP) is 2.87. The smallest absolute Gasteiger partial charge is 0.228 e. The van der Waals surface area contributed by atoms with Crippen LogP contribution >= 0.6 is 11.6 Å². The van der Waals surface area contributed by atoms with Crippen molar-refractivity contribution in [3.05, 3.63) is 41.2 Å². The van der Waals surface area contributed by atoms with Crippen molar-refractivity contribution in [1.29, 1.82) is 0 Å². The van der Waals surface area contributed by atoms with Crippen molar-refractivity contribution >= 4 is 23.2 Å². The summed E-state index contributed by atoms with van der Waals surface area (Å²) in [6, 6.07) is 5.09. The van der Waals surface area contributed by atoms with Gasteiger partial charge in [0, 0.05) is 24.5 Å². The van der Waals surface area contributed by atoms with Gasteiger partial charge in [0.25, 0.3) is 0 Å². The monoisotopic (exact) mass is 294 g/mol. The molecule has 1 heterocycles. The molecule has 0 unspecified atom stereocenters. The Morgan fingerprint density at radius 2 is 2.05 bits per heavy atom. The zero-order valence-corrected chi connectivity index (χ0v) is 12.0. The second kappa shape index (κ2) is 6.34. The number of benzene rings is 1. The number of H-pyrrole nitrogens is 1. The molecule has 0 bridgehead atoms. The van der Waals surface area contributed by atoms with E-state index in [-0.39, 0.29) is 12.3 Å². The minimum absolute atomic E-state index is 0.146. The van der Waals surface area contributed by atoms with Gasteiger partial charge in [-0.2, -0.15) is 0 Å². The van der Waals surface area contributed by atoms with E-state index in [1.807, 2.05) is 6.07 Å². The summed E-state index contributed by atoms with van der Waals surface area (Å²) in [4.78, 5) is 14.9. The SMILES string of the molecule is COc1cc(NC(=O)Cc2cc[nH]c2)c(OC)cc1Cl. The first-order valence-electron chi connectivity index (χ1n) is 5.97. The molecule has 0 saturated heterocycles. The molecule has 0 saturated carbocycles. The van der Waals surface area contributed by atoms with E-state index in [1.165, 1.54) is 14.2 Å². The molecule has 1 amide bonds. The molecule has 20 heavy (non-hydrogen) atoms. The number of amides is 1. The van der Waals surface area contributed by atoms with Gasteiger partial charge in [0.05, 0.1) is 31.4 Å². The molecule has 2 aromatic rings. The number of hydrogen-bond donors (Lipinski definition) is 2. The van der Waals surface area contributed by atoms with Gasteiger partial charge in [0.1, 0.15) is 11.5 Å². The molecule has 0 radical (unpaired) electrons. The maximum atomic E-state index is 12.0. The fourth-order valence-electron chi connectivity index (χ4n) is 1.81. The van der Waals surface area contributed by atoms with Crippen molar-refractivity contribution < 1.29 is 14.3 Å². The first-order valence-corrected chi connectivity index (χ1v) is 6.35. The van der Waals surface area contributed by atoms with E-state index in [4.69, 9.17) is 21.1 Å². The van der Waals surface area contributed by atoms with Crippen LogP contribution in [0, 0.1) is 0 Å². The van der Waals surface area contributed by atoms with Crippen molar-refractivity contribution in [1.82, 2.24) is 4.98 Å². The highest BCUT2D eigenvalue weighted by molar-refractivity contribution is 6.32. The van der Waals surface area contributed by atoms with Crippen molar-refractivity contribution in [3.8, 4) is 11.5 Å². The number of nitrogens with one attached hydrogen (secondary N) is 2. The third-order valence-electron chi connectivity index (χ3n) is 2.78. The van der Waals surface area contributed by atoms with Crippen molar-refractivity contribution in [2.24, 2.45) is 0 Å². The summed E-state index contributed by atoms with van der Waals surface area (Å²) in [6.07, 6.45) is 3.82. The Morgan fingerprint density at radius 3 is 2.65 bits per heavy atom. The van der Waals surface area contributed by atoms with Crippen molar-refractivity contribution in [2.75, 3.05) is 19.5 Å². The minimum Gasteiger partial charge on any atom is -0.495 e. The van der Waals surface area contributed by atoms with Gasteiger partial charge in [0.2, 0.25) is 5.91 Å². The van der Waals surface area contributed by atoms with Crippen molar-refractivity contribution in [3.63, 3.8) is 0 Å². The van der Waals surface area contributed by atoms with E-state index in [1.54, 1.807) is 24.5 Å². The maximum absolute atomic E-state index is 12.0. The zero-order valence-electron chi connectivity index (χ0n) is 11.2. The average molecular weight is 295 g/mol. The van der Waals surface area contributed by atoms with E-state index >= 15 is 0 Å². The number of ether oxygens (including phenoxy) is 2. The van der Waals surface area contributed by atoms with Crippen LogP contribution in [-0.4, -0.2) is 25.1 Å². The lowest BCUT2D eigenvalue weighted by molar-refractivity contribution is -0.115. The van der Waals surface area contributed by atoms with E-state index in [0.29, 0.717) is 22.2 Å². The summed E-state index contributed by atoms with van der Waals surface area (Å²) < 4.78 is 10.3. The Labute approximate surface area is 121 Å². The molecular formula is C14H15ClN2O3. The van der Waals surface area contributed by atoms with Crippen LogP contribution in [0.1, 0.15) is 5.56 Å². The van der Waals surface area contributed by atoms with Gasteiger partial charge in [-0.25, -0.2) is 0 Å². The lowest BCUT2D eigenvalue weighted by Crippen LogP contribution is -2.14. The second-order valence-electron chi connectivity index (χ2n) is 4.13. The first-order chi connectivity index (χ1) is 9.63. The highest BCUT2D eigenvalue weighted by atomic mass is 35.5. The Balaban J connectivity index is 2.17. The number of aromatic amines is 1. The molecular weight excluding hydrogens is 280 g/mol. The number of carbonyl (C=O) groups excluding carboxylic acids is 1. The first kappa shape index (κ1) is 14.3. The van der Waals surface area contributed by atoms with Crippen LogP contribution in [0.15, 0.2) is 30.6 Å². The summed E-state index contributed by atoms with van der Waals surface area (Å²) in [5.74, 6) is 0.815. The van der Waals surface area contributed by atoms with Crippen LogP contribution < -0.4 is 14.8 Å². The van der Waals surface area contributed by atoms with Crippen LogP contribution in [0.4, 0.5) is 5.69 Å². The number of carbonyl (C=O) groups is 1. The molecule has 0 aliphatic heterocycles. The number of methoxy groups -OCH3 is 2. The second-order valence-corrected chi connectivity index (χ2v) is 4.54. The number of aromatic nitrogens is 1. The van der Waals surface area contributed by atoms with Gasteiger partial charge in [0.15, 0.2) is 0 Å². The lowest BCUT2D eigenvalue weighted by atomic mass is 10.2. The van der Waals surface area contributed by atoms with Gasteiger partial charge < -0.3 is 19.8 Å². The van der Waals surface area contributed by atoms with Gasteiger partial charge in [-0.15, -0.1) is 0 Å². The molecule has 2 rings (SSSR count).